The van der Waals surface area contributed by atoms with E-state index in [1.807, 2.05) is 0 Å². The molecule has 2 aromatic carbocycles. The van der Waals surface area contributed by atoms with Gasteiger partial charge in [0, 0.05) is 12.1 Å². The number of amides is 2. The summed E-state index contributed by atoms with van der Waals surface area (Å²) >= 11 is 5.45. The van der Waals surface area contributed by atoms with E-state index in [1.54, 1.807) is 62.8 Å². The third-order valence-corrected chi connectivity index (χ3v) is 4.17. The lowest BCUT2D eigenvalue weighted by Gasteiger charge is -2.35. The van der Waals surface area contributed by atoms with Gasteiger partial charge in [0.1, 0.15) is 17.9 Å². The van der Waals surface area contributed by atoms with E-state index in [2.05, 4.69) is 0 Å². The zero-order valence-corrected chi connectivity index (χ0v) is 14.6. The van der Waals surface area contributed by atoms with Crippen LogP contribution >= 0.6 is 12.2 Å². The van der Waals surface area contributed by atoms with E-state index in [9.17, 15) is 9.59 Å². The van der Waals surface area contributed by atoms with E-state index < -0.39 is 0 Å². The molecule has 1 fully saturated rings. The van der Waals surface area contributed by atoms with Gasteiger partial charge in [-0.15, -0.1) is 0 Å². The lowest BCUT2D eigenvalue weighted by molar-refractivity contribution is -0.126. The quantitative estimate of drug-likeness (QED) is 0.623. The fourth-order valence-electron chi connectivity index (χ4n) is 2.61. The highest BCUT2D eigenvalue weighted by atomic mass is 32.1. The summed E-state index contributed by atoms with van der Waals surface area (Å²) in [4.78, 5) is 27.6. The number of hydrogen-bond donors (Lipinski definition) is 0. The molecule has 0 aliphatic carbocycles. The fourth-order valence-corrected chi connectivity index (χ4v) is 3.02. The van der Waals surface area contributed by atoms with Crippen LogP contribution in [0.2, 0.25) is 0 Å². The third kappa shape index (κ3) is 3.18. The minimum atomic E-state index is -0.373. The molecule has 2 amide bonds. The fraction of sp³-hybridized carbons (Fsp3) is 0.167. The summed E-state index contributed by atoms with van der Waals surface area (Å²) in [6.07, 6.45) is -0.269. The summed E-state index contributed by atoms with van der Waals surface area (Å²) in [6.45, 7) is 0. The van der Waals surface area contributed by atoms with E-state index in [4.69, 9.17) is 21.7 Å². The van der Waals surface area contributed by atoms with Gasteiger partial charge in [-0.05, 0) is 36.5 Å². The van der Waals surface area contributed by atoms with Gasteiger partial charge in [-0.2, -0.15) is 0 Å². The number of anilines is 2. The van der Waals surface area contributed by atoms with Crippen LogP contribution in [0.5, 0.6) is 11.5 Å². The van der Waals surface area contributed by atoms with Gasteiger partial charge < -0.3 is 9.47 Å². The number of thiocarbonyl (C=S) groups is 1. The highest BCUT2D eigenvalue weighted by molar-refractivity contribution is 7.81. The zero-order valence-electron chi connectivity index (χ0n) is 13.8. The molecule has 2 aromatic rings. The smallest absolute Gasteiger partial charge is 0.242 e. The number of carbonyl (C=O) groups is 2. The lowest BCUT2D eigenvalue weighted by Crippen LogP contribution is -2.55. The first-order valence-electron chi connectivity index (χ1n) is 7.53. The summed E-state index contributed by atoms with van der Waals surface area (Å²) in [5, 5.41) is 0.0998. The molecule has 25 heavy (non-hydrogen) atoms. The Morgan fingerprint density at radius 2 is 1.28 bits per heavy atom. The van der Waals surface area contributed by atoms with E-state index in [0.29, 0.717) is 22.9 Å². The highest BCUT2D eigenvalue weighted by Crippen LogP contribution is 2.30. The first-order chi connectivity index (χ1) is 12.0. The highest BCUT2D eigenvalue weighted by Gasteiger charge is 2.37. The molecule has 1 saturated heterocycles. The molecular weight excluding hydrogens is 340 g/mol. The summed E-state index contributed by atoms with van der Waals surface area (Å²) in [7, 11) is 3.09. The third-order valence-electron chi connectivity index (χ3n) is 3.81. The molecule has 0 atom stereocenters. The van der Waals surface area contributed by atoms with Gasteiger partial charge in [0.2, 0.25) is 11.8 Å². The Kier molecular flexibility index (Phi) is 4.67. The summed E-state index contributed by atoms with van der Waals surface area (Å²) < 4.78 is 10.4. The Hall–Kier alpha value is -2.93. The molecule has 128 valence electrons. The van der Waals surface area contributed by atoms with E-state index >= 15 is 0 Å². The van der Waals surface area contributed by atoms with Gasteiger partial charge in [0.15, 0.2) is 5.11 Å². The molecule has 6 nitrogen and oxygen atoms in total. The number of nitrogens with zero attached hydrogens (tertiary/aromatic N) is 2. The SMILES string of the molecule is COc1cccc(N2C(=O)CC(=O)N(c3cccc(OC)c3)C2=S)c1. The molecule has 0 spiro atoms. The molecule has 0 bridgehead atoms. The van der Waals surface area contributed by atoms with Crippen molar-refractivity contribution >= 4 is 40.5 Å². The second-order valence-electron chi connectivity index (χ2n) is 5.32. The van der Waals surface area contributed by atoms with Crippen LogP contribution < -0.4 is 19.3 Å². The Bertz CT molecular complexity index is 785. The van der Waals surface area contributed by atoms with Crippen LogP contribution in [0.15, 0.2) is 48.5 Å². The largest absolute Gasteiger partial charge is 0.497 e. The molecule has 1 heterocycles. The van der Waals surface area contributed by atoms with E-state index in [1.165, 1.54) is 9.80 Å². The number of rotatable bonds is 4. The van der Waals surface area contributed by atoms with Crippen LogP contribution in [0.25, 0.3) is 0 Å². The number of hydrogen-bond acceptors (Lipinski definition) is 5. The van der Waals surface area contributed by atoms with Crippen LogP contribution in [-0.4, -0.2) is 31.1 Å². The predicted octanol–water partition coefficient (Wildman–Crippen LogP) is 2.76. The van der Waals surface area contributed by atoms with Crippen molar-refractivity contribution in [2.24, 2.45) is 0 Å². The van der Waals surface area contributed by atoms with Crippen molar-refractivity contribution in [3.63, 3.8) is 0 Å². The Morgan fingerprint density at radius 3 is 1.68 bits per heavy atom. The molecule has 1 aliphatic heterocycles. The monoisotopic (exact) mass is 356 g/mol. The van der Waals surface area contributed by atoms with Crippen molar-refractivity contribution in [1.29, 1.82) is 0 Å². The van der Waals surface area contributed by atoms with Crippen LogP contribution in [0.4, 0.5) is 11.4 Å². The standard InChI is InChI=1S/C18H16N2O4S/c1-23-14-7-3-5-12(9-14)19-16(21)11-17(22)20(18(19)25)13-6-4-8-15(10-13)24-2/h3-10H,11H2,1-2H3. The van der Waals surface area contributed by atoms with Crippen LogP contribution in [-0.2, 0) is 9.59 Å². The first kappa shape index (κ1) is 16.9. The zero-order chi connectivity index (χ0) is 18.0. The van der Waals surface area contributed by atoms with Crippen LogP contribution in [0.1, 0.15) is 6.42 Å². The number of ether oxygens (including phenoxy) is 2. The first-order valence-corrected chi connectivity index (χ1v) is 7.94. The second-order valence-corrected chi connectivity index (χ2v) is 5.69. The maximum Gasteiger partial charge on any atom is 0.242 e. The molecular formula is C18H16N2O4S. The molecule has 0 unspecified atom stereocenters. The van der Waals surface area contributed by atoms with Crippen molar-refractivity contribution in [3.05, 3.63) is 48.5 Å². The van der Waals surface area contributed by atoms with Crippen molar-refractivity contribution in [3.8, 4) is 11.5 Å². The topological polar surface area (TPSA) is 59.1 Å². The molecule has 3 rings (SSSR count). The molecule has 7 heteroatoms. The number of benzene rings is 2. The Morgan fingerprint density at radius 1 is 0.840 bits per heavy atom. The second kappa shape index (κ2) is 6.90. The maximum atomic E-state index is 12.4. The molecule has 0 aromatic heterocycles. The van der Waals surface area contributed by atoms with Gasteiger partial charge >= 0.3 is 0 Å². The van der Waals surface area contributed by atoms with Crippen LogP contribution in [0.3, 0.4) is 0 Å². The molecule has 0 saturated carbocycles. The summed E-state index contributed by atoms with van der Waals surface area (Å²) in [5.41, 5.74) is 1.10. The van der Waals surface area contributed by atoms with Crippen molar-refractivity contribution in [2.45, 2.75) is 6.42 Å². The molecule has 0 radical (unpaired) electrons. The minimum absolute atomic E-state index is 0.0998. The van der Waals surface area contributed by atoms with Gasteiger partial charge in [-0.25, -0.2) is 0 Å². The van der Waals surface area contributed by atoms with Gasteiger partial charge in [0.05, 0.1) is 25.6 Å². The van der Waals surface area contributed by atoms with Gasteiger partial charge in [-0.1, -0.05) is 12.1 Å². The van der Waals surface area contributed by atoms with E-state index in [0.717, 1.165) is 0 Å². The average molecular weight is 356 g/mol. The van der Waals surface area contributed by atoms with Crippen molar-refractivity contribution in [2.75, 3.05) is 24.0 Å². The van der Waals surface area contributed by atoms with E-state index in [-0.39, 0.29) is 23.3 Å². The average Bonchev–Trinajstić information content (AvgIpc) is 2.61. The maximum absolute atomic E-state index is 12.4. The minimum Gasteiger partial charge on any atom is -0.497 e. The Labute approximate surface area is 150 Å². The number of methoxy groups -OCH3 is 2. The summed E-state index contributed by atoms with van der Waals surface area (Å²) in [6, 6.07) is 13.9. The Balaban J connectivity index is 2.01. The van der Waals surface area contributed by atoms with Gasteiger partial charge in [-0.3, -0.25) is 19.4 Å². The predicted molar refractivity (Wildman–Crippen MR) is 98.2 cm³/mol. The normalized spacial score (nSPS) is 14.7. The summed E-state index contributed by atoms with van der Waals surface area (Å²) in [5.74, 6) is 0.445. The lowest BCUT2D eigenvalue weighted by atomic mass is 10.2. The van der Waals surface area contributed by atoms with Crippen molar-refractivity contribution in [1.82, 2.24) is 0 Å². The van der Waals surface area contributed by atoms with Crippen molar-refractivity contribution < 1.29 is 19.1 Å². The molecule has 0 N–H and O–H groups in total. The van der Waals surface area contributed by atoms with Gasteiger partial charge in [0.25, 0.3) is 0 Å². The van der Waals surface area contributed by atoms with Crippen LogP contribution in [0, 0.1) is 0 Å². The number of carbonyl (C=O) groups excluding carboxylic acids is 2. The molecule has 1 aliphatic rings.